The first-order valence-corrected chi connectivity index (χ1v) is 6.07. The van der Waals surface area contributed by atoms with E-state index in [1.807, 2.05) is 32.0 Å². The van der Waals surface area contributed by atoms with Crippen LogP contribution in [0.1, 0.15) is 28.4 Å². The Morgan fingerprint density at radius 1 is 1.11 bits per heavy atom. The number of benzene rings is 2. The molecule has 0 aliphatic rings. The lowest BCUT2D eigenvalue weighted by Crippen LogP contribution is -2.04. The van der Waals surface area contributed by atoms with Crippen molar-refractivity contribution in [3.05, 3.63) is 69.5 Å². The molecule has 1 N–H and O–H groups in total. The molecule has 0 aliphatic carbocycles. The molecular weight excluding hydrogens is 251 g/mol. The van der Waals surface area contributed by atoms with E-state index in [-0.39, 0.29) is 5.02 Å². The summed E-state index contributed by atoms with van der Waals surface area (Å²) < 4.78 is 13.0. The second kappa shape index (κ2) is 5.09. The zero-order chi connectivity index (χ0) is 13.3. The molecule has 0 amide bonds. The summed E-state index contributed by atoms with van der Waals surface area (Å²) in [4.78, 5) is 0. The van der Waals surface area contributed by atoms with Crippen LogP contribution in [0.4, 0.5) is 4.39 Å². The molecule has 0 saturated heterocycles. The summed E-state index contributed by atoms with van der Waals surface area (Å²) in [5.74, 6) is -0.406. The normalized spacial score (nSPS) is 12.5. The lowest BCUT2D eigenvalue weighted by molar-refractivity contribution is 0.219. The highest BCUT2D eigenvalue weighted by atomic mass is 35.5. The van der Waals surface area contributed by atoms with Crippen LogP contribution in [0.3, 0.4) is 0 Å². The van der Waals surface area contributed by atoms with Gasteiger partial charge in [-0.1, -0.05) is 35.9 Å². The minimum Gasteiger partial charge on any atom is -0.384 e. The van der Waals surface area contributed by atoms with E-state index < -0.39 is 11.9 Å². The molecule has 2 aromatic carbocycles. The van der Waals surface area contributed by atoms with Gasteiger partial charge in [0.1, 0.15) is 11.9 Å². The molecule has 3 heteroatoms. The van der Waals surface area contributed by atoms with Crippen LogP contribution in [0.15, 0.2) is 36.4 Å². The van der Waals surface area contributed by atoms with Crippen molar-refractivity contribution in [2.24, 2.45) is 0 Å². The van der Waals surface area contributed by atoms with Gasteiger partial charge >= 0.3 is 0 Å². The zero-order valence-electron chi connectivity index (χ0n) is 10.2. The summed E-state index contributed by atoms with van der Waals surface area (Å²) in [7, 11) is 0. The van der Waals surface area contributed by atoms with Gasteiger partial charge in [-0.05, 0) is 42.7 Å². The maximum atomic E-state index is 13.0. The first-order chi connectivity index (χ1) is 8.50. The van der Waals surface area contributed by atoms with Crippen molar-refractivity contribution < 1.29 is 9.50 Å². The first kappa shape index (κ1) is 13.1. The standard InChI is InChI=1S/C15H14ClFO/c1-9-4-3-5-12(10(9)2)15(18)13-7-6-11(17)8-14(13)16/h3-8,15,18H,1-2H3. The molecule has 0 spiro atoms. The van der Waals surface area contributed by atoms with Crippen molar-refractivity contribution in [2.45, 2.75) is 20.0 Å². The van der Waals surface area contributed by atoms with Crippen LogP contribution in [0.5, 0.6) is 0 Å². The lowest BCUT2D eigenvalue weighted by atomic mass is 9.95. The summed E-state index contributed by atoms with van der Waals surface area (Å²) in [6, 6.07) is 9.76. The molecule has 2 aromatic rings. The topological polar surface area (TPSA) is 20.2 Å². The van der Waals surface area contributed by atoms with Crippen molar-refractivity contribution >= 4 is 11.6 Å². The predicted octanol–water partition coefficient (Wildman–Crippen LogP) is 4.18. The maximum absolute atomic E-state index is 13.0. The zero-order valence-corrected chi connectivity index (χ0v) is 11.0. The van der Waals surface area contributed by atoms with E-state index in [1.54, 1.807) is 0 Å². The van der Waals surface area contributed by atoms with Gasteiger partial charge < -0.3 is 5.11 Å². The van der Waals surface area contributed by atoms with E-state index in [4.69, 9.17) is 11.6 Å². The van der Waals surface area contributed by atoms with Crippen molar-refractivity contribution in [3.63, 3.8) is 0 Å². The first-order valence-electron chi connectivity index (χ1n) is 5.70. The van der Waals surface area contributed by atoms with Gasteiger partial charge in [-0.2, -0.15) is 0 Å². The minimum atomic E-state index is -0.835. The van der Waals surface area contributed by atoms with E-state index in [0.29, 0.717) is 5.56 Å². The quantitative estimate of drug-likeness (QED) is 0.863. The van der Waals surface area contributed by atoms with Crippen LogP contribution in [-0.4, -0.2) is 5.11 Å². The molecular formula is C15H14ClFO. The second-order valence-electron chi connectivity index (χ2n) is 4.36. The smallest absolute Gasteiger partial charge is 0.124 e. The maximum Gasteiger partial charge on any atom is 0.124 e. The Bertz CT molecular complexity index is 581. The largest absolute Gasteiger partial charge is 0.384 e. The molecule has 1 atom stereocenters. The summed E-state index contributed by atoms with van der Waals surface area (Å²) in [5.41, 5.74) is 3.44. The highest BCUT2D eigenvalue weighted by molar-refractivity contribution is 6.31. The Hall–Kier alpha value is -1.38. The summed E-state index contributed by atoms with van der Waals surface area (Å²) in [5, 5.41) is 10.6. The molecule has 94 valence electrons. The van der Waals surface area contributed by atoms with Gasteiger partial charge in [0.2, 0.25) is 0 Å². The van der Waals surface area contributed by atoms with Gasteiger partial charge in [0.25, 0.3) is 0 Å². The Morgan fingerprint density at radius 3 is 2.50 bits per heavy atom. The predicted molar refractivity (Wildman–Crippen MR) is 71.4 cm³/mol. The number of aryl methyl sites for hydroxylation is 1. The van der Waals surface area contributed by atoms with Crippen molar-refractivity contribution in [3.8, 4) is 0 Å². The average Bonchev–Trinajstić information content (AvgIpc) is 2.32. The van der Waals surface area contributed by atoms with Crippen LogP contribution in [0, 0.1) is 19.7 Å². The highest BCUT2D eigenvalue weighted by Gasteiger charge is 2.16. The number of halogens is 2. The van der Waals surface area contributed by atoms with Gasteiger partial charge in [-0.15, -0.1) is 0 Å². The van der Waals surface area contributed by atoms with Crippen LogP contribution < -0.4 is 0 Å². The summed E-state index contributed by atoms with van der Waals surface area (Å²) in [6.07, 6.45) is -0.835. The highest BCUT2D eigenvalue weighted by Crippen LogP contribution is 2.31. The van der Waals surface area contributed by atoms with E-state index in [2.05, 4.69) is 0 Å². The van der Waals surface area contributed by atoms with Gasteiger partial charge in [-0.3, -0.25) is 0 Å². The lowest BCUT2D eigenvalue weighted by Gasteiger charge is -2.16. The second-order valence-corrected chi connectivity index (χ2v) is 4.76. The van der Waals surface area contributed by atoms with Gasteiger partial charge in [0.15, 0.2) is 0 Å². The Kier molecular flexibility index (Phi) is 3.69. The van der Waals surface area contributed by atoms with Gasteiger partial charge in [0.05, 0.1) is 0 Å². The number of hydrogen-bond acceptors (Lipinski definition) is 1. The Balaban J connectivity index is 2.48. The Morgan fingerprint density at radius 2 is 1.83 bits per heavy atom. The molecule has 0 heterocycles. The molecule has 0 aromatic heterocycles. The third-order valence-corrected chi connectivity index (χ3v) is 3.53. The van der Waals surface area contributed by atoms with Crippen molar-refractivity contribution in [1.82, 2.24) is 0 Å². The summed E-state index contributed by atoms with van der Waals surface area (Å²) >= 11 is 5.97. The fourth-order valence-electron chi connectivity index (χ4n) is 1.96. The number of aliphatic hydroxyl groups is 1. The number of rotatable bonds is 2. The van der Waals surface area contributed by atoms with Gasteiger partial charge in [0, 0.05) is 10.6 Å². The molecule has 0 aliphatic heterocycles. The fraction of sp³-hybridized carbons (Fsp3) is 0.200. The van der Waals surface area contributed by atoms with Crippen molar-refractivity contribution in [1.29, 1.82) is 0 Å². The molecule has 0 bridgehead atoms. The van der Waals surface area contributed by atoms with Crippen molar-refractivity contribution in [2.75, 3.05) is 0 Å². The van der Waals surface area contributed by atoms with Crippen LogP contribution in [-0.2, 0) is 0 Å². The molecule has 1 nitrogen and oxygen atoms in total. The third kappa shape index (κ3) is 2.40. The summed E-state index contributed by atoms with van der Waals surface area (Å²) in [6.45, 7) is 3.93. The van der Waals surface area contributed by atoms with E-state index in [0.717, 1.165) is 16.7 Å². The number of aliphatic hydroxyl groups excluding tert-OH is 1. The van der Waals surface area contributed by atoms with Crippen LogP contribution in [0.25, 0.3) is 0 Å². The Labute approximate surface area is 111 Å². The molecule has 1 unspecified atom stereocenters. The van der Waals surface area contributed by atoms with Gasteiger partial charge in [-0.25, -0.2) is 4.39 Å². The average molecular weight is 265 g/mol. The number of hydrogen-bond donors (Lipinski definition) is 1. The molecule has 0 radical (unpaired) electrons. The van der Waals surface area contributed by atoms with E-state index in [1.165, 1.54) is 18.2 Å². The monoisotopic (exact) mass is 264 g/mol. The molecule has 2 rings (SSSR count). The third-order valence-electron chi connectivity index (χ3n) is 3.20. The van der Waals surface area contributed by atoms with Crippen LogP contribution in [0.2, 0.25) is 5.02 Å². The molecule has 0 saturated carbocycles. The fourth-order valence-corrected chi connectivity index (χ4v) is 2.23. The molecule has 18 heavy (non-hydrogen) atoms. The minimum absolute atomic E-state index is 0.239. The van der Waals surface area contributed by atoms with E-state index in [9.17, 15) is 9.50 Å². The SMILES string of the molecule is Cc1cccc(C(O)c2ccc(F)cc2Cl)c1C. The van der Waals surface area contributed by atoms with Crippen LogP contribution >= 0.6 is 11.6 Å². The van der Waals surface area contributed by atoms with E-state index >= 15 is 0 Å². The molecule has 0 fully saturated rings.